The summed E-state index contributed by atoms with van der Waals surface area (Å²) in [6.45, 7) is 3.62. The van der Waals surface area contributed by atoms with E-state index in [-0.39, 0.29) is 0 Å². The Morgan fingerprint density at radius 2 is 2.14 bits per heavy atom. The van der Waals surface area contributed by atoms with E-state index in [0.717, 1.165) is 16.8 Å². The van der Waals surface area contributed by atoms with Gasteiger partial charge in [-0.2, -0.15) is 10.1 Å². The molecule has 106 valence electrons. The average molecular weight is 282 g/mol. The first kappa shape index (κ1) is 13.0. The van der Waals surface area contributed by atoms with Crippen molar-refractivity contribution in [3.63, 3.8) is 0 Å². The molecule has 2 heterocycles. The highest BCUT2D eigenvalue weighted by Gasteiger charge is 2.05. The lowest BCUT2D eigenvalue weighted by molar-refractivity contribution is 0.394. The van der Waals surface area contributed by atoms with Gasteiger partial charge < -0.3 is 10.3 Å². The van der Waals surface area contributed by atoms with Gasteiger partial charge >= 0.3 is 0 Å². The Hall–Kier alpha value is -2.96. The summed E-state index contributed by atoms with van der Waals surface area (Å²) in [5.41, 5.74) is 8.32. The van der Waals surface area contributed by atoms with Gasteiger partial charge in [-0.1, -0.05) is 23.4 Å². The first-order valence-corrected chi connectivity index (χ1v) is 6.38. The zero-order valence-corrected chi connectivity index (χ0v) is 11.7. The summed E-state index contributed by atoms with van der Waals surface area (Å²) in [6, 6.07) is 7.68. The van der Waals surface area contributed by atoms with Crippen molar-refractivity contribution in [2.45, 2.75) is 13.8 Å². The largest absolute Gasteiger partial charge is 0.368 e. The van der Waals surface area contributed by atoms with Gasteiger partial charge in [-0.05, 0) is 18.6 Å². The van der Waals surface area contributed by atoms with Gasteiger partial charge in [-0.25, -0.2) is 9.66 Å². The summed E-state index contributed by atoms with van der Waals surface area (Å²) < 4.78 is 6.51. The van der Waals surface area contributed by atoms with E-state index in [1.165, 1.54) is 4.68 Å². The average Bonchev–Trinajstić information content (AvgIpc) is 3.03. The maximum Gasteiger partial charge on any atom is 0.223 e. The van der Waals surface area contributed by atoms with E-state index in [0.29, 0.717) is 17.7 Å². The molecule has 0 bridgehead atoms. The molecule has 0 aliphatic carbocycles. The maximum atomic E-state index is 5.73. The van der Waals surface area contributed by atoms with Crippen LogP contribution in [0.1, 0.15) is 17.1 Å². The fourth-order valence-corrected chi connectivity index (χ4v) is 1.90. The molecule has 2 N–H and O–H groups in total. The summed E-state index contributed by atoms with van der Waals surface area (Å²) in [5.74, 6) is 1.44. The lowest BCUT2D eigenvalue weighted by atomic mass is 10.1. The van der Waals surface area contributed by atoms with E-state index in [1.54, 1.807) is 19.3 Å². The smallest absolute Gasteiger partial charge is 0.223 e. The van der Waals surface area contributed by atoms with Gasteiger partial charge in [0.05, 0.1) is 18.1 Å². The monoisotopic (exact) mass is 282 g/mol. The van der Waals surface area contributed by atoms with Crippen molar-refractivity contribution in [2.24, 2.45) is 5.10 Å². The van der Waals surface area contributed by atoms with Crippen molar-refractivity contribution in [3.8, 4) is 11.4 Å². The van der Waals surface area contributed by atoms with Crippen LogP contribution in [-0.2, 0) is 0 Å². The summed E-state index contributed by atoms with van der Waals surface area (Å²) in [5, 5.41) is 8.17. The van der Waals surface area contributed by atoms with Crippen LogP contribution in [0.3, 0.4) is 0 Å². The van der Waals surface area contributed by atoms with Crippen LogP contribution in [0.25, 0.3) is 11.4 Å². The molecule has 0 aliphatic heterocycles. The van der Waals surface area contributed by atoms with Gasteiger partial charge in [0, 0.05) is 12.5 Å². The van der Waals surface area contributed by atoms with Gasteiger partial charge in [0.25, 0.3) is 0 Å². The van der Waals surface area contributed by atoms with Crippen LogP contribution >= 0.6 is 0 Å². The molecule has 0 unspecified atom stereocenters. The van der Waals surface area contributed by atoms with Crippen LogP contribution in [0.15, 0.2) is 40.1 Å². The van der Waals surface area contributed by atoms with Crippen LogP contribution in [0.2, 0.25) is 0 Å². The highest BCUT2D eigenvalue weighted by molar-refractivity contribution is 5.81. The number of nitrogen functional groups attached to an aromatic ring is 1. The molecule has 0 atom stereocenters. The van der Waals surface area contributed by atoms with Crippen molar-refractivity contribution >= 4 is 12.2 Å². The molecule has 0 saturated heterocycles. The normalized spacial score (nSPS) is 11.3. The van der Waals surface area contributed by atoms with E-state index >= 15 is 0 Å². The fourth-order valence-electron chi connectivity index (χ4n) is 1.90. The zero-order chi connectivity index (χ0) is 14.8. The predicted molar refractivity (Wildman–Crippen MR) is 78.8 cm³/mol. The Kier molecular flexibility index (Phi) is 3.23. The second-order valence-electron chi connectivity index (χ2n) is 4.59. The number of nitrogens with two attached hydrogens (primary N) is 1. The molecule has 21 heavy (non-hydrogen) atoms. The Labute approximate surface area is 121 Å². The Morgan fingerprint density at radius 1 is 1.29 bits per heavy atom. The van der Waals surface area contributed by atoms with E-state index in [1.807, 2.05) is 31.2 Å². The van der Waals surface area contributed by atoms with Gasteiger partial charge in [0.1, 0.15) is 0 Å². The molecule has 0 fully saturated rings. The van der Waals surface area contributed by atoms with Crippen LogP contribution in [0, 0.1) is 13.8 Å². The number of benzene rings is 1. The molecule has 0 spiro atoms. The topological polar surface area (TPSA) is 95.1 Å². The number of nitrogens with zero attached hydrogens (tertiary/aromatic N) is 5. The Balaban J connectivity index is 1.88. The molecular weight excluding hydrogens is 268 g/mol. The van der Waals surface area contributed by atoms with Crippen LogP contribution in [-0.4, -0.2) is 26.0 Å². The third-order valence-corrected chi connectivity index (χ3v) is 2.84. The number of aryl methyl sites for hydroxylation is 2. The lowest BCUT2D eigenvalue weighted by Gasteiger charge is -1.98. The summed E-state index contributed by atoms with van der Waals surface area (Å²) in [7, 11) is 0. The number of hydrogen-bond donors (Lipinski definition) is 1. The molecule has 3 rings (SSSR count). The van der Waals surface area contributed by atoms with E-state index in [2.05, 4.69) is 20.2 Å². The Bertz CT molecular complexity index is 801. The lowest BCUT2D eigenvalue weighted by Crippen LogP contribution is -1.97. The molecule has 3 aromatic rings. The standard InChI is InChI=1S/C14H14N6O/c1-9-8-20(14(15)17-9)16-7-11-4-3-5-12(6-11)13-18-10(2)21-19-13/h3-8H,1-2H3,(H2,15,17). The van der Waals surface area contributed by atoms with E-state index in [4.69, 9.17) is 10.3 Å². The van der Waals surface area contributed by atoms with Gasteiger partial charge in [0.15, 0.2) is 0 Å². The predicted octanol–water partition coefficient (Wildman–Crippen LogP) is 2.01. The van der Waals surface area contributed by atoms with Crippen molar-refractivity contribution in [1.82, 2.24) is 19.8 Å². The molecular formula is C14H14N6O. The number of rotatable bonds is 3. The minimum atomic E-state index is 0.355. The minimum absolute atomic E-state index is 0.355. The maximum absolute atomic E-state index is 5.73. The van der Waals surface area contributed by atoms with Gasteiger partial charge in [-0.3, -0.25) is 0 Å². The summed E-state index contributed by atoms with van der Waals surface area (Å²) in [6.07, 6.45) is 3.46. The van der Waals surface area contributed by atoms with E-state index in [9.17, 15) is 0 Å². The minimum Gasteiger partial charge on any atom is -0.368 e. The highest BCUT2D eigenvalue weighted by atomic mass is 16.5. The first-order chi connectivity index (χ1) is 10.1. The van der Waals surface area contributed by atoms with Crippen LogP contribution in [0.5, 0.6) is 0 Å². The Morgan fingerprint density at radius 3 is 2.81 bits per heavy atom. The van der Waals surface area contributed by atoms with Crippen molar-refractivity contribution in [1.29, 1.82) is 0 Å². The van der Waals surface area contributed by atoms with Crippen molar-refractivity contribution < 1.29 is 4.52 Å². The second-order valence-corrected chi connectivity index (χ2v) is 4.59. The molecule has 7 nitrogen and oxygen atoms in total. The zero-order valence-electron chi connectivity index (χ0n) is 11.7. The molecule has 2 aromatic heterocycles. The number of anilines is 1. The highest BCUT2D eigenvalue weighted by Crippen LogP contribution is 2.16. The first-order valence-electron chi connectivity index (χ1n) is 6.38. The third kappa shape index (κ3) is 2.81. The molecule has 7 heteroatoms. The van der Waals surface area contributed by atoms with Gasteiger partial charge in [0.2, 0.25) is 17.7 Å². The van der Waals surface area contributed by atoms with Crippen molar-refractivity contribution in [2.75, 3.05) is 5.73 Å². The molecule has 0 saturated carbocycles. The molecule has 0 amide bonds. The fraction of sp³-hybridized carbons (Fsp3) is 0.143. The second kappa shape index (κ2) is 5.20. The SMILES string of the molecule is Cc1cn(N=Cc2cccc(-c3noc(C)n3)c2)c(N)n1. The summed E-state index contributed by atoms with van der Waals surface area (Å²) >= 11 is 0. The van der Waals surface area contributed by atoms with Crippen LogP contribution < -0.4 is 5.73 Å². The number of aromatic nitrogens is 4. The molecule has 0 radical (unpaired) electrons. The molecule has 0 aliphatic rings. The van der Waals surface area contributed by atoms with Crippen molar-refractivity contribution in [3.05, 3.63) is 47.6 Å². The number of imidazole rings is 1. The third-order valence-electron chi connectivity index (χ3n) is 2.84. The van der Waals surface area contributed by atoms with E-state index < -0.39 is 0 Å². The molecule has 1 aromatic carbocycles. The van der Waals surface area contributed by atoms with Crippen LogP contribution in [0.4, 0.5) is 5.95 Å². The van der Waals surface area contributed by atoms with Gasteiger partial charge in [-0.15, -0.1) is 0 Å². The summed E-state index contributed by atoms with van der Waals surface area (Å²) in [4.78, 5) is 8.29. The quantitative estimate of drug-likeness (QED) is 0.741. The number of hydrogen-bond acceptors (Lipinski definition) is 6.